The molecule has 1 amide bonds. The van der Waals surface area contributed by atoms with Crippen molar-refractivity contribution in [3.8, 4) is 17.0 Å². The zero-order chi connectivity index (χ0) is 21.5. The molecule has 4 rings (SSSR count). The molecular weight excluding hydrogens is 386 g/mol. The number of carbonyl (C=O) groups excluding carboxylic acids is 1. The number of hydrogen-bond donors (Lipinski definition) is 2. The van der Waals surface area contributed by atoms with E-state index >= 15 is 0 Å². The Labute approximate surface area is 181 Å². The van der Waals surface area contributed by atoms with E-state index in [0.29, 0.717) is 36.5 Å². The van der Waals surface area contributed by atoms with Gasteiger partial charge in [-0.05, 0) is 41.8 Å². The molecule has 0 radical (unpaired) electrons. The number of anilines is 1. The van der Waals surface area contributed by atoms with E-state index < -0.39 is 0 Å². The normalized spacial score (nSPS) is 10.6. The number of phenolic OH excluding ortho intramolecular Hbond substituents is 1. The van der Waals surface area contributed by atoms with Gasteiger partial charge in [0.05, 0.1) is 17.6 Å². The van der Waals surface area contributed by atoms with E-state index in [2.05, 4.69) is 10.3 Å². The van der Waals surface area contributed by atoms with Crippen LogP contribution >= 0.6 is 0 Å². The van der Waals surface area contributed by atoms with Gasteiger partial charge in [-0.15, -0.1) is 0 Å². The first-order valence-corrected chi connectivity index (χ1v) is 10.2. The number of nitrogens with one attached hydrogen (secondary N) is 1. The van der Waals surface area contributed by atoms with Gasteiger partial charge in [-0.25, -0.2) is 9.97 Å². The quantitative estimate of drug-likeness (QED) is 0.450. The van der Waals surface area contributed by atoms with Gasteiger partial charge >= 0.3 is 0 Å². The summed E-state index contributed by atoms with van der Waals surface area (Å²) < 4.78 is 0. The number of amides is 1. The van der Waals surface area contributed by atoms with E-state index in [0.717, 1.165) is 16.7 Å². The van der Waals surface area contributed by atoms with Gasteiger partial charge in [-0.2, -0.15) is 0 Å². The number of aromatic nitrogens is 2. The van der Waals surface area contributed by atoms with Crippen LogP contribution in [0.1, 0.15) is 23.2 Å². The first-order chi connectivity index (χ1) is 15.2. The second-order valence-electron chi connectivity index (χ2n) is 7.29. The minimum Gasteiger partial charge on any atom is -0.508 e. The molecule has 0 saturated heterocycles. The summed E-state index contributed by atoms with van der Waals surface area (Å²) in [6, 6.07) is 26.7. The summed E-state index contributed by atoms with van der Waals surface area (Å²) in [5.74, 6) is 0.581. The maximum Gasteiger partial charge on any atom is 0.225 e. The highest BCUT2D eigenvalue weighted by Gasteiger charge is 2.13. The van der Waals surface area contributed by atoms with Crippen LogP contribution in [0.15, 0.2) is 91.1 Å². The van der Waals surface area contributed by atoms with Crippen LogP contribution in [0, 0.1) is 0 Å². The second-order valence-corrected chi connectivity index (χ2v) is 7.29. The third-order valence-corrected chi connectivity index (χ3v) is 4.96. The molecule has 2 N–H and O–H groups in total. The molecular formula is C26H23N3O2. The lowest BCUT2D eigenvalue weighted by molar-refractivity contribution is -0.116. The molecule has 1 heterocycles. The van der Waals surface area contributed by atoms with Crippen LogP contribution in [-0.2, 0) is 17.6 Å². The number of aromatic hydroxyl groups is 1. The van der Waals surface area contributed by atoms with Crippen LogP contribution in [0.5, 0.6) is 5.75 Å². The van der Waals surface area contributed by atoms with Crippen molar-refractivity contribution in [2.45, 2.75) is 19.3 Å². The molecule has 0 aliphatic rings. The van der Waals surface area contributed by atoms with Gasteiger partial charge in [0.15, 0.2) is 5.82 Å². The zero-order valence-corrected chi connectivity index (χ0v) is 17.0. The fourth-order valence-corrected chi connectivity index (χ4v) is 3.31. The summed E-state index contributed by atoms with van der Waals surface area (Å²) in [7, 11) is 0. The average molecular weight is 409 g/mol. The van der Waals surface area contributed by atoms with Crippen LogP contribution in [0.2, 0.25) is 0 Å². The first kappa shape index (κ1) is 20.3. The van der Waals surface area contributed by atoms with Crippen molar-refractivity contribution in [2.75, 3.05) is 5.32 Å². The molecule has 0 saturated carbocycles. The van der Waals surface area contributed by atoms with Crippen molar-refractivity contribution < 1.29 is 9.90 Å². The molecule has 3 aromatic carbocycles. The third kappa shape index (κ3) is 5.54. The Morgan fingerprint density at radius 1 is 0.839 bits per heavy atom. The van der Waals surface area contributed by atoms with E-state index in [4.69, 9.17) is 4.98 Å². The smallest absolute Gasteiger partial charge is 0.225 e. The molecule has 0 aliphatic heterocycles. The van der Waals surface area contributed by atoms with Crippen molar-refractivity contribution in [3.05, 3.63) is 108 Å². The maximum absolute atomic E-state index is 12.6. The molecule has 31 heavy (non-hydrogen) atoms. The molecule has 1 aromatic heterocycles. The summed E-state index contributed by atoms with van der Waals surface area (Å²) in [5.41, 5.74) is 4.44. The first-order valence-electron chi connectivity index (χ1n) is 10.2. The van der Waals surface area contributed by atoms with Crippen molar-refractivity contribution in [2.24, 2.45) is 0 Å². The van der Waals surface area contributed by atoms with Gasteiger partial charge in [-0.3, -0.25) is 4.79 Å². The average Bonchev–Trinajstić information content (AvgIpc) is 2.81. The maximum atomic E-state index is 12.6. The minimum atomic E-state index is -0.0927. The number of rotatable bonds is 7. The highest BCUT2D eigenvalue weighted by atomic mass is 16.3. The van der Waals surface area contributed by atoms with Crippen molar-refractivity contribution in [1.82, 2.24) is 9.97 Å². The Hall–Kier alpha value is -3.99. The number of nitrogens with zero attached hydrogens (tertiary/aromatic N) is 2. The number of aryl methyl sites for hydroxylation is 1. The molecule has 154 valence electrons. The minimum absolute atomic E-state index is 0.0927. The van der Waals surface area contributed by atoms with E-state index in [1.807, 2.05) is 60.7 Å². The monoisotopic (exact) mass is 409 g/mol. The van der Waals surface area contributed by atoms with Crippen LogP contribution in [0.4, 0.5) is 5.82 Å². The van der Waals surface area contributed by atoms with Gasteiger partial charge in [0.1, 0.15) is 5.75 Å². The fraction of sp³-hybridized carbons (Fsp3) is 0.115. The standard InChI is InChI=1S/C26H23N3O2/c30-22-14-12-21(13-15-22)24-18-27-26(23(28-24)17-20-9-5-2-6-10-20)29-25(31)16-11-19-7-3-1-4-8-19/h1-10,12-15,18,30H,11,16-17H2,(H,27,29,31). The third-order valence-electron chi connectivity index (χ3n) is 4.96. The van der Waals surface area contributed by atoms with Crippen LogP contribution < -0.4 is 5.32 Å². The van der Waals surface area contributed by atoms with Crippen molar-refractivity contribution in [3.63, 3.8) is 0 Å². The molecule has 0 bridgehead atoms. The van der Waals surface area contributed by atoms with Gasteiger partial charge in [0.2, 0.25) is 5.91 Å². The number of hydrogen-bond acceptors (Lipinski definition) is 4. The summed E-state index contributed by atoms with van der Waals surface area (Å²) >= 11 is 0. The topological polar surface area (TPSA) is 75.1 Å². The molecule has 5 heteroatoms. The lowest BCUT2D eigenvalue weighted by atomic mass is 10.1. The molecule has 5 nitrogen and oxygen atoms in total. The second kappa shape index (κ2) is 9.67. The van der Waals surface area contributed by atoms with Gasteiger partial charge in [0.25, 0.3) is 0 Å². The molecule has 0 fully saturated rings. The Morgan fingerprint density at radius 2 is 1.48 bits per heavy atom. The van der Waals surface area contributed by atoms with E-state index in [-0.39, 0.29) is 11.7 Å². The SMILES string of the molecule is O=C(CCc1ccccc1)Nc1ncc(-c2ccc(O)cc2)nc1Cc1ccccc1. The molecule has 0 aliphatic carbocycles. The van der Waals surface area contributed by atoms with Crippen LogP contribution in [-0.4, -0.2) is 21.0 Å². The number of carbonyl (C=O) groups is 1. The van der Waals surface area contributed by atoms with Gasteiger partial charge in [-0.1, -0.05) is 60.7 Å². The van der Waals surface area contributed by atoms with Crippen LogP contribution in [0.25, 0.3) is 11.3 Å². The van der Waals surface area contributed by atoms with E-state index in [1.165, 1.54) is 0 Å². The summed E-state index contributed by atoms with van der Waals surface area (Å²) in [5, 5.41) is 12.5. The van der Waals surface area contributed by atoms with Gasteiger partial charge < -0.3 is 10.4 Å². The lowest BCUT2D eigenvalue weighted by Crippen LogP contribution is -2.16. The predicted octanol–water partition coefficient (Wildman–Crippen LogP) is 5.01. The molecule has 0 unspecified atom stereocenters. The highest BCUT2D eigenvalue weighted by Crippen LogP contribution is 2.23. The Bertz CT molecular complexity index is 1140. The van der Waals surface area contributed by atoms with Crippen molar-refractivity contribution in [1.29, 1.82) is 0 Å². The van der Waals surface area contributed by atoms with E-state index in [9.17, 15) is 9.90 Å². The number of benzene rings is 3. The molecule has 0 spiro atoms. The van der Waals surface area contributed by atoms with Crippen LogP contribution in [0.3, 0.4) is 0 Å². The summed E-state index contributed by atoms with van der Waals surface area (Å²) in [6.45, 7) is 0. The Balaban J connectivity index is 1.56. The highest BCUT2D eigenvalue weighted by molar-refractivity contribution is 5.90. The van der Waals surface area contributed by atoms with Gasteiger partial charge in [0, 0.05) is 18.4 Å². The zero-order valence-electron chi connectivity index (χ0n) is 17.0. The largest absolute Gasteiger partial charge is 0.508 e. The summed E-state index contributed by atoms with van der Waals surface area (Å²) in [6.07, 6.45) is 3.23. The summed E-state index contributed by atoms with van der Waals surface area (Å²) in [4.78, 5) is 21.9. The van der Waals surface area contributed by atoms with Crippen molar-refractivity contribution >= 4 is 11.7 Å². The molecule has 4 aromatic rings. The Morgan fingerprint density at radius 3 is 2.16 bits per heavy atom. The lowest BCUT2D eigenvalue weighted by Gasteiger charge is -2.12. The predicted molar refractivity (Wildman–Crippen MR) is 122 cm³/mol. The Kier molecular flexibility index (Phi) is 6.33. The van der Waals surface area contributed by atoms with E-state index in [1.54, 1.807) is 30.5 Å². The number of phenols is 1. The fourth-order valence-electron chi connectivity index (χ4n) is 3.31. The molecule has 0 atom stereocenters.